The number of nitrogens with two attached hydrogens (primary N) is 1. The average molecular weight is 207 g/mol. The van der Waals surface area contributed by atoms with E-state index in [0.29, 0.717) is 12.5 Å². The van der Waals surface area contributed by atoms with Gasteiger partial charge in [-0.15, -0.1) is 0 Å². The largest absolute Gasteiger partial charge is 0.343 e. The molecule has 80 valence electrons. The Morgan fingerprint density at radius 2 is 2.33 bits per heavy atom. The van der Waals surface area contributed by atoms with E-state index in [2.05, 4.69) is 16.9 Å². The van der Waals surface area contributed by atoms with Gasteiger partial charge in [0.15, 0.2) is 0 Å². The molecule has 0 radical (unpaired) electrons. The van der Waals surface area contributed by atoms with Crippen LogP contribution in [0, 0.1) is 5.82 Å². The topological polar surface area (TPSA) is 54.7 Å². The third kappa shape index (κ3) is 1.99. The first-order chi connectivity index (χ1) is 7.20. The molecule has 1 atom stereocenters. The maximum absolute atomic E-state index is 12.9. The van der Waals surface area contributed by atoms with Crippen LogP contribution in [0.3, 0.4) is 0 Å². The first kappa shape index (κ1) is 10.1. The van der Waals surface area contributed by atoms with Crippen molar-refractivity contribution < 1.29 is 4.39 Å². The highest BCUT2D eigenvalue weighted by molar-refractivity contribution is 5.76. The molecular formula is C11H14FN3. The zero-order valence-corrected chi connectivity index (χ0v) is 8.63. The molecule has 3 N–H and O–H groups in total. The number of nitrogens with zero attached hydrogens (tertiary/aromatic N) is 1. The van der Waals surface area contributed by atoms with Crippen LogP contribution in [-0.4, -0.2) is 16.5 Å². The fourth-order valence-corrected chi connectivity index (χ4v) is 1.68. The Hall–Kier alpha value is -1.42. The van der Waals surface area contributed by atoms with Crippen molar-refractivity contribution in [1.29, 1.82) is 0 Å². The van der Waals surface area contributed by atoms with Crippen molar-refractivity contribution in [3.05, 3.63) is 29.8 Å². The van der Waals surface area contributed by atoms with Gasteiger partial charge in [-0.1, -0.05) is 6.92 Å². The first-order valence-corrected chi connectivity index (χ1v) is 5.05. The van der Waals surface area contributed by atoms with E-state index in [4.69, 9.17) is 5.73 Å². The minimum atomic E-state index is -0.306. The zero-order valence-electron chi connectivity index (χ0n) is 8.63. The molecule has 0 aromatic carbocycles. The van der Waals surface area contributed by atoms with Crippen molar-refractivity contribution in [2.24, 2.45) is 5.73 Å². The lowest BCUT2D eigenvalue weighted by molar-refractivity contribution is 0.624. The number of hydrogen-bond donors (Lipinski definition) is 2. The number of fused-ring (bicyclic) bond motifs is 1. The lowest BCUT2D eigenvalue weighted by Gasteiger charge is -2.06. The Bertz CT molecular complexity index is 464. The average Bonchev–Trinajstić information content (AvgIpc) is 2.60. The van der Waals surface area contributed by atoms with Gasteiger partial charge in [-0.3, -0.25) is 0 Å². The molecule has 15 heavy (non-hydrogen) atoms. The van der Waals surface area contributed by atoms with Crippen LogP contribution in [0.2, 0.25) is 0 Å². The molecule has 4 heteroatoms. The molecule has 0 bridgehead atoms. The van der Waals surface area contributed by atoms with Gasteiger partial charge in [-0.05, 0) is 31.0 Å². The lowest BCUT2D eigenvalue weighted by Crippen LogP contribution is -2.04. The lowest BCUT2D eigenvalue weighted by atomic mass is 10.0. The molecule has 1 unspecified atom stereocenters. The summed E-state index contributed by atoms with van der Waals surface area (Å²) in [5.74, 6) is 0.0480. The van der Waals surface area contributed by atoms with Gasteiger partial charge < -0.3 is 10.7 Å². The Balaban J connectivity index is 2.38. The highest BCUT2D eigenvalue weighted by Crippen LogP contribution is 2.22. The van der Waals surface area contributed by atoms with Crippen LogP contribution in [0.5, 0.6) is 0 Å². The number of aromatic amines is 1. The van der Waals surface area contributed by atoms with E-state index in [1.54, 1.807) is 0 Å². The second kappa shape index (κ2) is 3.98. The van der Waals surface area contributed by atoms with E-state index in [9.17, 15) is 4.39 Å². The molecule has 0 aliphatic rings. The standard InChI is InChI=1S/C11H14FN3/c1-7(2-3-13)10-5-8-4-9(12)6-14-11(8)15-10/h4-7H,2-3,13H2,1H3,(H,14,15). The van der Waals surface area contributed by atoms with Gasteiger partial charge in [-0.25, -0.2) is 9.37 Å². The molecule has 2 aromatic heterocycles. The van der Waals surface area contributed by atoms with Crippen LogP contribution in [0.1, 0.15) is 25.0 Å². The van der Waals surface area contributed by atoms with Crippen LogP contribution in [0.4, 0.5) is 4.39 Å². The predicted molar refractivity (Wildman–Crippen MR) is 58.1 cm³/mol. The summed E-state index contributed by atoms with van der Waals surface area (Å²) in [6.07, 6.45) is 2.13. The molecule has 0 saturated heterocycles. The number of nitrogens with one attached hydrogen (secondary N) is 1. The van der Waals surface area contributed by atoms with Crippen molar-refractivity contribution in [2.45, 2.75) is 19.3 Å². The fourth-order valence-electron chi connectivity index (χ4n) is 1.68. The van der Waals surface area contributed by atoms with Crippen LogP contribution >= 0.6 is 0 Å². The quantitative estimate of drug-likeness (QED) is 0.810. The normalized spacial score (nSPS) is 13.3. The van der Waals surface area contributed by atoms with E-state index in [1.807, 2.05) is 6.07 Å². The number of halogens is 1. The molecule has 2 rings (SSSR count). The maximum Gasteiger partial charge on any atom is 0.142 e. The van der Waals surface area contributed by atoms with Gasteiger partial charge in [-0.2, -0.15) is 0 Å². The summed E-state index contributed by atoms with van der Waals surface area (Å²) in [6.45, 7) is 2.74. The van der Waals surface area contributed by atoms with Crippen molar-refractivity contribution in [3.8, 4) is 0 Å². The van der Waals surface area contributed by atoms with Gasteiger partial charge in [0.25, 0.3) is 0 Å². The Kier molecular flexibility index (Phi) is 2.68. The molecule has 0 spiro atoms. The molecule has 2 heterocycles. The molecule has 3 nitrogen and oxygen atoms in total. The zero-order chi connectivity index (χ0) is 10.8. The van der Waals surface area contributed by atoms with E-state index in [1.165, 1.54) is 12.3 Å². The smallest absolute Gasteiger partial charge is 0.142 e. The number of hydrogen-bond acceptors (Lipinski definition) is 2. The molecule has 0 saturated carbocycles. The van der Waals surface area contributed by atoms with Crippen LogP contribution in [-0.2, 0) is 0 Å². The summed E-state index contributed by atoms with van der Waals surface area (Å²) in [5, 5.41) is 0.814. The van der Waals surface area contributed by atoms with Gasteiger partial charge in [0.2, 0.25) is 0 Å². The van der Waals surface area contributed by atoms with Gasteiger partial charge in [0, 0.05) is 11.1 Å². The van der Waals surface area contributed by atoms with Gasteiger partial charge >= 0.3 is 0 Å². The maximum atomic E-state index is 12.9. The Morgan fingerprint density at radius 1 is 1.53 bits per heavy atom. The molecule has 0 aliphatic carbocycles. The Morgan fingerprint density at radius 3 is 3.07 bits per heavy atom. The molecule has 0 fully saturated rings. The summed E-state index contributed by atoms with van der Waals surface area (Å²) in [5.41, 5.74) is 7.29. The SMILES string of the molecule is CC(CCN)c1cc2cc(F)cnc2[nH]1. The monoisotopic (exact) mass is 207 g/mol. The van der Waals surface area contributed by atoms with Crippen molar-refractivity contribution >= 4 is 11.0 Å². The van der Waals surface area contributed by atoms with E-state index < -0.39 is 0 Å². The van der Waals surface area contributed by atoms with Crippen molar-refractivity contribution in [2.75, 3.05) is 6.54 Å². The Labute approximate surface area is 87.5 Å². The first-order valence-electron chi connectivity index (χ1n) is 5.05. The van der Waals surface area contributed by atoms with Crippen LogP contribution in [0.25, 0.3) is 11.0 Å². The summed E-state index contributed by atoms with van der Waals surface area (Å²) < 4.78 is 12.9. The minimum absolute atomic E-state index is 0.306. The fraction of sp³-hybridized carbons (Fsp3) is 0.364. The highest BCUT2D eigenvalue weighted by Gasteiger charge is 2.09. The van der Waals surface area contributed by atoms with Crippen molar-refractivity contribution in [3.63, 3.8) is 0 Å². The number of pyridine rings is 1. The molecule has 0 aliphatic heterocycles. The third-order valence-corrected chi connectivity index (χ3v) is 2.59. The highest BCUT2D eigenvalue weighted by atomic mass is 19.1. The minimum Gasteiger partial charge on any atom is -0.343 e. The molecule has 0 amide bonds. The van der Waals surface area contributed by atoms with E-state index in [0.717, 1.165) is 23.1 Å². The predicted octanol–water partition coefficient (Wildman–Crippen LogP) is 2.15. The number of H-pyrrole nitrogens is 1. The molecular weight excluding hydrogens is 193 g/mol. The van der Waals surface area contributed by atoms with Crippen LogP contribution in [0.15, 0.2) is 18.3 Å². The van der Waals surface area contributed by atoms with Gasteiger partial charge in [0.05, 0.1) is 6.20 Å². The second-order valence-electron chi connectivity index (χ2n) is 3.79. The second-order valence-corrected chi connectivity index (χ2v) is 3.79. The third-order valence-electron chi connectivity index (χ3n) is 2.59. The number of rotatable bonds is 3. The van der Waals surface area contributed by atoms with E-state index in [-0.39, 0.29) is 5.82 Å². The van der Waals surface area contributed by atoms with Crippen molar-refractivity contribution in [1.82, 2.24) is 9.97 Å². The summed E-state index contributed by atoms with van der Waals surface area (Å²) in [7, 11) is 0. The summed E-state index contributed by atoms with van der Waals surface area (Å²) in [4.78, 5) is 7.16. The van der Waals surface area contributed by atoms with Gasteiger partial charge in [0.1, 0.15) is 11.5 Å². The number of aromatic nitrogens is 2. The van der Waals surface area contributed by atoms with E-state index >= 15 is 0 Å². The van der Waals surface area contributed by atoms with Crippen LogP contribution < -0.4 is 5.73 Å². The summed E-state index contributed by atoms with van der Waals surface area (Å²) in [6, 6.07) is 3.42. The summed E-state index contributed by atoms with van der Waals surface area (Å²) >= 11 is 0. The molecule has 2 aromatic rings.